The maximum Gasteiger partial charge on any atom is 0.490 e. The average Bonchev–Trinajstić information content (AvgIpc) is 3.43. The number of hydrogen-bond acceptors (Lipinski definition) is 8. The number of H-pyrrole nitrogens is 1. The first-order chi connectivity index (χ1) is 20.5. The summed E-state index contributed by atoms with van der Waals surface area (Å²) in [6, 6.07) is 13.8. The van der Waals surface area contributed by atoms with Crippen molar-refractivity contribution in [3.63, 3.8) is 0 Å². The summed E-state index contributed by atoms with van der Waals surface area (Å²) >= 11 is 0. The number of anilines is 2. The number of carbonyl (C=O) groups is 2. The molecule has 0 spiro atoms. The van der Waals surface area contributed by atoms with Crippen LogP contribution in [0.3, 0.4) is 0 Å². The van der Waals surface area contributed by atoms with Gasteiger partial charge in [0.25, 0.3) is 5.91 Å². The number of halogens is 3. The molecule has 4 aromatic rings. The van der Waals surface area contributed by atoms with E-state index >= 15 is 0 Å². The van der Waals surface area contributed by atoms with Crippen LogP contribution in [0, 0.1) is 0 Å². The number of aromatic nitrogens is 3. The van der Waals surface area contributed by atoms with Crippen LogP contribution in [0.25, 0.3) is 22.6 Å². The van der Waals surface area contributed by atoms with Gasteiger partial charge in [-0.05, 0) is 47.9 Å². The van der Waals surface area contributed by atoms with Gasteiger partial charge in [0, 0.05) is 37.1 Å². The van der Waals surface area contributed by atoms with Gasteiger partial charge in [-0.2, -0.15) is 13.2 Å². The van der Waals surface area contributed by atoms with E-state index in [4.69, 9.17) is 30.1 Å². The van der Waals surface area contributed by atoms with E-state index in [1.54, 1.807) is 7.11 Å². The summed E-state index contributed by atoms with van der Waals surface area (Å²) in [5.74, 6) is -1.92. The number of morpholine rings is 1. The lowest BCUT2D eigenvalue weighted by Crippen LogP contribution is -2.35. The molecular weight excluding hydrogens is 569 g/mol. The number of carboxylic acid groups (broad SMARTS) is 1. The fourth-order valence-electron chi connectivity index (χ4n) is 4.60. The minimum atomic E-state index is -5.08. The molecule has 5 rings (SSSR count). The summed E-state index contributed by atoms with van der Waals surface area (Å²) in [6.45, 7) is 6.33. The van der Waals surface area contributed by atoms with Gasteiger partial charge in [-0.15, -0.1) is 0 Å². The molecule has 2 aromatic carbocycles. The van der Waals surface area contributed by atoms with Crippen molar-refractivity contribution in [1.29, 1.82) is 0 Å². The minimum absolute atomic E-state index is 0.288. The molecule has 14 heteroatoms. The number of hydrogen-bond donors (Lipinski definition) is 4. The van der Waals surface area contributed by atoms with Gasteiger partial charge in [-0.25, -0.2) is 14.8 Å². The molecule has 0 unspecified atom stereocenters. The first-order valence-electron chi connectivity index (χ1n) is 13.3. The Kier molecular flexibility index (Phi) is 9.83. The van der Waals surface area contributed by atoms with E-state index in [1.807, 2.05) is 36.4 Å². The molecule has 43 heavy (non-hydrogen) atoms. The molecule has 11 nitrogen and oxygen atoms in total. The number of amides is 1. The number of carbonyl (C=O) groups excluding carboxylic acids is 1. The van der Waals surface area contributed by atoms with E-state index in [0.29, 0.717) is 22.7 Å². The monoisotopic (exact) mass is 600 g/mol. The van der Waals surface area contributed by atoms with Gasteiger partial charge in [-0.3, -0.25) is 9.69 Å². The second-order valence-corrected chi connectivity index (χ2v) is 9.54. The number of alkyl halides is 3. The Morgan fingerprint density at radius 1 is 1.16 bits per heavy atom. The molecule has 1 amide bonds. The SMILES string of the molecule is CCc1c(CN2CCOCC2)cccc1Nc1c(C(N)=O)cnc2[nH]c(-c3ccc(OC)cc3)nc12.O=C(O)C(F)(F)F. The van der Waals surface area contributed by atoms with Crippen molar-refractivity contribution in [2.45, 2.75) is 26.1 Å². The standard InChI is InChI=1S/C27H30N6O3.C2HF3O2/c1-3-20-18(16-33-11-13-36-14-12-33)5-4-6-22(20)30-23-21(25(28)34)15-29-27-24(23)31-26(32-27)17-7-9-19(35-2)10-8-17;3-2(4,5)1(6)7/h4-10,15H,3,11-14,16H2,1-2H3,(H2,28,34)(H2,29,30,31,32);(H,6,7). The number of fused-ring (bicyclic) bond motifs is 1. The highest BCUT2D eigenvalue weighted by Crippen LogP contribution is 2.33. The van der Waals surface area contributed by atoms with Crippen LogP contribution in [0.15, 0.2) is 48.7 Å². The summed E-state index contributed by atoms with van der Waals surface area (Å²) in [4.78, 5) is 36.1. The number of rotatable bonds is 8. The third-order valence-electron chi connectivity index (χ3n) is 6.77. The third kappa shape index (κ3) is 7.59. The van der Waals surface area contributed by atoms with Crippen molar-refractivity contribution in [3.8, 4) is 17.1 Å². The van der Waals surface area contributed by atoms with E-state index in [9.17, 15) is 18.0 Å². The Morgan fingerprint density at radius 2 is 1.84 bits per heavy atom. The smallest absolute Gasteiger partial charge is 0.490 e. The number of methoxy groups -OCH3 is 1. The lowest BCUT2D eigenvalue weighted by molar-refractivity contribution is -0.192. The maximum absolute atomic E-state index is 12.4. The highest BCUT2D eigenvalue weighted by atomic mass is 19.4. The van der Waals surface area contributed by atoms with Crippen LogP contribution in [0.4, 0.5) is 24.5 Å². The van der Waals surface area contributed by atoms with Crippen LogP contribution in [0.5, 0.6) is 5.75 Å². The number of benzene rings is 2. The number of nitrogens with zero attached hydrogens (tertiary/aromatic N) is 3. The van der Waals surface area contributed by atoms with E-state index in [2.05, 4.69) is 33.2 Å². The second-order valence-electron chi connectivity index (χ2n) is 9.54. The number of ether oxygens (including phenoxy) is 2. The van der Waals surface area contributed by atoms with Gasteiger partial charge in [-0.1, -0.05) is 19.1 Å². The topological polar surface area (TPSA) is 156 Å². The number of aromatic amines is 1. The molecular formula is C29H31F3N6O5. The molecule has 1 saturated heterocycles. The Bertz CT molecular complexity index is 1580. The molecule has 0 atom stereocenters. The molecule has 1 fully saturated rings. The molecule has 1 aliphatic heterocycles. The lowest BCUT2D eigenvalue weighted by atomic mass is 10.0. The van der Waals surface area contributed by atoms with E-state index in [1.165, 1.54) is 17.3 Å². The number of nitrogens with one attached hydrogen (secondary N) is 2. The predicted molar refractivity (Wildman–Crippen MR) is 153 cm³/mol. The largest absolute Gasteiger partial charge is 0.497 e. The van der Waals surface area contributed by atoms with E-state index in [-0.39, 0.29) is 5.56 Å². The quantitative estimate of drug-likeness (QED) is 0.229. The Hall–Kier alpha value is -4.69. The molecule has 0 saturated carbocycles. The van der Waals surface area contributed by atoms with Crippen LogP contribution in [-0.2, 0) is 22.5 Å². The van der Waals surface area contributed by atoms with E-state index < -0.39 is 18.1 Å². The number of primary amides is 1. The molecule has 0 radical (unpaired) electrons. The molecule has 3 heterocycles. The average molecular weight is 601 g/mol. The minimum Gasteiger partial charge on any atom is -0.497 e. The van der Waals surface area contributed by atoms with Gasteiger partial charge in [0.1, 0.15) is 17.1 Å². The van der Waals surface area contributed by atoms with Crippen LogP contribution in [0.1, 0.15) is 28.4 Å². The van der Waals surface area contributed by atoms with Gasteiger partial charge in [0.15, 0.2) is 5.65 Å². The van der Waals surface area contributed by atoms with Crippen molar-refractivity contribution in [2.24, 2.45) is 5.73 Å². The first-order valence-corrected chi connectivity index (χ1v) is 13.3. The summed E-state index contributed by atoms with van der Waals surface area (Å²) in [5.41, 5.74) is 11.9. The zero-order valence-corrected chi connectivity index (χ0v) is 23.5. The summed E-state index contributed by atoms with van der Waals surface area (Å²) in [7, 11) is 1.63. The Balaban J connectivity index is 0.000000541. The molecule has 2 aromatic heterocycles. The van der Waals surface area contributed by atoms with Gasteiger partial charge in [0.2, 0.25) is 0 Å². The zero-order chi connectivity index (χ0) is 31.1. The fourth-order valence-corrected chi connectivity index (χ4v) is 4.60. The molecule has 228 valence electrons. The lowest BCUT2D eigenvalue weighted by Gasteiger charge is -2.28. The fraction of sp³-hybridized carbons (Fsp3) is 0.310. The van der Waals surface area contributed by atoms with Crippen molar-refractivity contribution in [2.75, 3.05) is 38.7 Å². The van der Waals surface area contributed by atoms with Crippen molar-refractivity contribution < 1.29 is 37.3 Å². The highest BCUT2D eigenvalue weighted by Gasteiger charge is 2.38. The highest BCUT2D eigenvalue weighted by molar-refractivity contribution is 6.06. The zero-order valence-electron chi connectivity index (χ0n) is 23.5. The van der Waals surface area contributed by atoms with Gasteiger partial charge < -0.3 is 30.6 Å². The number of pyridine rings is 1. The Labute approximate surface area is 244 Å². The van der Waals surface area contributed by atoms with Crippen LogP contribution in [0.2, 0.25) is 0 Å². The normalized spacial score (nSPS) is 13.7. The second kappa shape index (κ2) is 13.5. The predicted octanol–water partition coefficient (Wildman–Crippen LogP) is 4.50. The van der Waals surface area contributed by atoms with Crippen molar-refractivity contribution in [3.05, 3.63) is 65.4 Å². The number of aliphatic carboxylic acids is 1. The Morgan fingerprint density at radius 3 is 2.42 bits per heavy atom. The molecule has 0 aliphatic carbocycles. The molecule has 0 bridgehead atoms. The number of imidazole rings is 1. The van der Waals surface area contributed by atoms with E-state index in [0.717, 1.165) is 56.3 Å². The summed E-state index contributed by atoms with van der Waals surface area (Å²) in [5, 5.41) is 10.6. The molecule has 5 N–H and O–H groups in total. The van der Waals surface area contributed by atoms with Crippen molar-refractivity contribution in [1.82, 2.24) is 19.9 Å². The summed E-state index contributed by atoms with van der Waals surface area (Å²) in [6.07, 6.45) is -2.76. The van der Waals surface area contributed by atoms with Gasteiger partial charge >= 0.3 is 12.1 Å². The van der Waals surface area contributed by atoms with Crippen LogP contribution >= 0.6 is 0 Å². The van der Waals surface area contributed by atoms with Crippen molar-refractivity contribution >= 4 is 34.4 Å². The number of carboxylic acids is 1. The molecule has 1 aliphatic rings. The van der Waals surface area contributed by atoms with Crippen LogP contribution < -0.4 is 15.8 Å². The third-order valence-corrected chi connectivity index (χ3v) is 6.77. The van der Waals surface area contributed by atoms with Gasteiger partial charge in [0.05, 0.1) is 31.6 Å². The number of nitrogens with two attached hydrogens (primary N) is 1. The first kappa shape index (κ1) is 31.3. The van der Waals surface area contributed by atoms with Crippen LogP contribution in [-0.4, -0.2) is 76.4 Å². The maximum atomic E-state index is 12.4. The summed E-state index contributed by atoms with van der Waals surface area (Å²) < 4.78 is 42.5.